The Morgan fingerprint density at radius 1 is 1.07 bits per heavy atom. The number of aromatic amines is 1. The van der Waals surface area contributed by atoms with E-state index in [2.05, 4.69) is 10.2 Å². The molecule has 1 heterocycles. The Labute approximate surface area is 168 Å². The molecular weight excluding hydrogens is 382 g/mol. The van der Waals surface area contributed by atoms with Crippen LogP contribution in [0, 0.1) is 0 Å². The maximum Gasteiger partial charge on any atom is 2.00 e. The zero-order chi connectivity index (χ0) is 18.2. The number of carbonyl (C=O) groups is 1. The summed E-state index contributed by atoms with van der Waals surface area (Å²) in [6, 6.07) is 27.3. The quantitative estimate of drug-likeness (QED) is 0.384. The number of aromatic nitrogens is 2. The monoisotopic (exact) mass is 401 g/mol. The van der Waals surface area contributed by atoms with Gasteiger partial charge in [-0.25, -0.2) is 12.1 Å². The van der Waals surface area contributed by atoms with Gasteiger partial charge in [-0.2, -0.15) is 35.4 Å². The minimum atomic E-state index is -0.898. The van der Waals surface area contributed by atoms with Crippen LogP contribution in [0.5, 0.6) is 0 Å². The average molecular weight is 401 g/mol. The molecule has 0 atom stereocenters. The van der Waals surface area contributed by atoms with Gasteiger partial charge in [0.1, 0.15) is 6.54 Å². The van der Waals surface area contributed by atoms with Crippen LogP contribution in [0.1, 0.15) is 0 Å². The van der Waals surface area contributed by atoms with Crippen molar-refractivity contribution in [1.82, 2.24) is 10.2 Å². The zero-order valence-electron chi connectivity index (χ0n) is 14.5. The normalized spacial score (nSPS) is 9.63. The van der Waals surface area contributed by atoms with Gasteiger partial charge in [0.25, 0.3) is 0 Å². The van der Waals surface area contributed by atoms with Crippen LogP contribution in [0.2, 0.25) is 0 Å². The van der Waals surface area contributed by atoms with Crippen LogP contribution in [0.25, 0.3) is 11.1 Å². The SMILES string of the molecule is O=C(O)CN(c1[nH]ncc1-c1ccccc1)[c-]1cccc1.[Fe+2].c1cc[cH-]c1. The molecule has 0 unspecified atom stereocenters. The molecule has 6 heteroatoms. The first-order chi connectivity index (χ1) is 12.8. The Hall–Kier alpha value is -3.08. The van der Waals surface area contributed by atoms with E-state index in [1.54, 1.807) is 11.1 Å². The van der Waals surface area contributed by atoms with Crippen LogP contribution in [0.3, 0.4) is 0 Å². The summed E-state index contributed by atoms with van der Waals surface area (Å²) in [5.41, 5.74) is 2.68. The largest absolute Gasteiger partial charge is 2.00 e. The molecule has 1 aromatic heterocycles. The van der Waals surface area contributed by atoms with E-state index in [0.717, 1.165) is 16.8 Å². The Morgan fingerprint density at radius 3 is 2.30 bits per heavy atom. The van der Waals surface area contributed by atoms with E-state index >= 15 is 0 Å². The molecule has 3 aromatic carbocycles. The number of carboxylic acid groups (broad SMARTS) is 1. The molecule has 0 aliphatic rings. The van der Waals surface area contributed by atoms with Crippen LogP contribution in [-0.4, -0.2) is 27.8 Å². The molecule has 138 valence electrons. The van der Waals surface area contributed by atoms with E-state index in [0.29, 0.717) is 5.82 Å². The van der Waals surface area contributed by atoms with Gasteiger partial charge < -0.3 is 15.1 Å². The fourth-order valence-electron chi connectivity index (χ4n) is 2.61. The maximum atomic E-state index is 11.2. The van der Waals surface area contributed by atoms with Gasteiger partial charge in [-0.15, -0.1) is 12.1 Å². The first kappa shape index (κ1) is 20.2. The van der Waals surface area contributed by atoms with Gasteiger partial charge in [-0.1, -0.05) is 30.3 Å². The van der Waals surface area contributed by atoms with Crippen LogP contribution >= 0.6 is 0 Å². The van der Waals surface area contributed by atoms with Gasteiger partial charge in [0.2, 0.25) is 0 Å². The summed E-state index contributed by atoms with van der Waals surface area (Å²) < 4.78 is 0. The van der Waals surface area contributed by atoms with Crippen LogP contribution in [0.4, 0.5) is 11.5 Å². The van der Waals surface area contributed by atoms with E-state index in [9.17, 15) is 4.79 Å². The van der Waals surface area contributed by atoms with Gasteiger partial charge in [0, 0.05) is 11.8 Å². The summed E-state index contributed by atoms with van der Waals surface area (Å²) in [6.45, 7) is -0.133. The molecule has 5 nitrogen and oxygen atoms in total. The molecule has 4 aromatic rings. The summed E-state index contributed by atoms with van der Waals surface area (Å²) >= 11 is 0. The maximum absolute atomic E-state index is 11.2. The smallest absolute Gasteiger partial charge is 0.480 e. The molecule has 0 saturated carbocycles. The fraction of sp³-hybridized carbons (Fsp3) is 0.0476. The molecular formula is C21H19FeN3O2. The number of hydrogen-bond donors (Lipinski definition) is 2. The van der Waals surface area contributed by atoms with Crippen LogP contribution < -0.4 is 4.90 Å². The number of H-pyrrole nitrogens is 1. The van der Waals surface area contributed by atoms with Crippen molar-refractivity contribution in [2.24, 2.45) is 0 Å². The minimum Gasteiger partial charge on any atom is -0.480 e. The number of hydrogen-bond acceptors (Lipinski definition) is 3. The molecule has 4 rings (SSSR count). The summed E-state index contributed by atoms with van der Waals surface area (Å²) in [5, 5.41) is 16.2. The van der Waals surface area contributed by atoms with E-state index in [1.807, 2.05) is 84.9 Å². The van der Waals surface area contributed by atoms with Gasteiger partial charge in [-0.3, -0.25) is 4.79 Å². The standard InChI is InChI=1S/C16H14N3O2.C5H5.Fe/c20-15(21)11-19(13-8-4-5-9-13)16-14(10-17-18-16)12-6-2-1-3-7-12;1-2-4-5-3-1;/h1-10H,11H2,(H,17,18)(H,20,21);1-5H;/q2*-1;+2. The molecule has 0 bridgehead atoms. The minimum absolute atomic E-state index is 0. The van der Waals surface area contributed by atoms with Crippen molar-refractivity contribution in [3.8, 4) is 11.1 Å². The second-order valence-electron chi connectivity index (χ2n) is 5.58. The Kier molecular flexibility index (Phi) is 7.62. The summed E-state index contributed by atoms with van der Waals surface area (Å²) in [4.78, 5) is 12.9. The van der Waals surface area contributed by atoms with Crippen LogP contribution in [-0.2, 0) is 21.9 Å². The van der Waals surface area contributed by atoms with Crippen LogP contribution in [0.15, 0.2) is 91.1 Å². The topological polar surface area (TPSA) is 69.2 Å². The molecule has 0 saturated heterocycles. The second kappa shape index (κ2) is 10.2. The van der Waals surface area contributed by atoms with Gasteiger partial charge in [-0.05, 0) is 11.3 Å². The molecule has 2 N–H and O–H groups in total. The van der Waals surface area contributed by atoms with Gasteiger partial charge in [0.05, 0.1) is 5.82 Å². The Bertz CT molecular complexity index is 883. The van der Waals surface area contributed by atoms with E-state index in [-0.39, 0.29) is 23.6 Å². The number of carboxylic acids is 1. The van der Waals surface area contributed by atoms with E-state index in [1.165, 1.54) is 0 Å². The van der Waals surface area contributed by atoms with E-state index in [4.69, 9.17) is 5.11 Å². The molecule has 27 heavy (non-hydrogen) atoms. The number of rotatable bonds is 5. The number of anilines is 2. The third-order valence-electron chi connectivity index (χ3n) is 3.78. The summed E-state index contributed by atoms with van der Waals surface area (Å²) in [7, 11) is 0. The summed E-state index contributed by atoms with van der Waals surface area (Å²) in [6.07, 6.45) is 1.71. The van der Waals surface area contributed by atoms with Crippen molar-refractivity contribution in [3.05, 3.63) is 91.1 Å². The van der Waals surface area contributed by atoms with Crippen molar-refractivity contribution < 1.29 is 27.0 Å². The zero-order valence-corrected chi connectivity index (χ0v) is 15.6. The molecule has 0 amide bonds. The Balaban J connectivity index is 0.000000379. The van der Waals surface area contributed by atoms with Crippen molar-refractivity contribution in [2.75, 3.05) is 11.4 Å². The van der Waals surface area contributed by atoms with Crippen molar-refractivity contribution in [1.29, 1.82) is 0 Å². The van der Waals surface area contributed by atoms with Crippen molar-refractivity contribution in [2.45, 2.75) is 0 Å². The first-order valence-electron chi connectivity index (χ1n) is 8.22. The first-order valence-corrected chi connectivity index (χ1v) is 8.22. The fourth-order valence-corrected chi connectivity index (χ4v) is 2.61. The molecule has 0 aliphatic heterocycles. The molecule has 0 spiro atoms. The number of nitrogens with one attached hydrogen (secondary N) is 1. The third-order valence-corrected chi connectivity index (χ3v) is 3.78. The average Bonchev–Trinajstić information content (AvgIpc) is 3.45. The molecule has 0 fully saturated rings. The summed E-state index contributed by atoms with van der Waals surface area (Å²) in [5.74, 6) is -0.223. The van der Waals surface area contributed by atoms with Crippen molar-refractivity contribution >= 4 is 17.5 Å². The second-order valence-corrected chi connectivity index (χ2v) is 5.58. The molecule has 0 aliphatic carbocycles. The molecule has 0 radical (unpaired) electrons. The number of benzene rings is 1. The van der Waals surface area contributed by atoms with E-state index < -0.39 is 5.97 Å². The number of aliphatic carboxylic acids is 1. The van der Waals surface area contributed by atoms with Crippen molar-refractivity contribution in [3.63, 3.8) is 0 Å². The predicted octanol–water partition coefficient (Wildman–Crippen LogP) is 4.42. The predicted molar refractivity (Wildman–Crippen MR) is 103 cm³/mol. The van der Waals surface area contributed by atoms with Gasteiger partial charge >= 0.3 is 23.0 Å². The number of nitrogens with zero attached hydrogens (tertiary/aromatic N) is 2. The van der Waals surface area contributed by atoms with Gasteiger partial charge in [0.15, 0.2) is 0 Å². The Morgan fingerprint density at radius 2 is 1.74 bits per heavy atom. The third kappa shape index (κ3) is 5.44.